The van der Waals surface area contributed by atoms with Gasteiger partial charge in [0.15, 0.2) is 17.6 Å². The summed E-state index contributed by atoms with van der Waals surface area (Å²) in [5.74, 6) is 1.96. The van der Waals surface area contributed by atoms with Crippen LogP contribution in [0.2, 0.25) is 0 Å². The van der Waals surface area contributed by atoms with E-state index in [4.69, 9.17) is 9.47 Å². The van der Waals surface area contributed by atoms with Crippen molar-refractivity contribution in [3.63, 3.8) is 0 Å². The Bertz CT molecular complexity index is 848. The van der Waals surface area contributed by atoms with Crippen LogP contribution in [0, 0.1) is 5.82 Å². The number of amides is 2. The number of hydrogen-bond donors (Lipinski definition) is 1. The van der Waals surface area contributed by atoms with Gasteiger partial charge in [0.25, 0.3) is 0 Å². The Hall–Kier alpha value is -2.41. The molecule has 4 rings (SSSR count). The van der Waals surface area contributed by atoms with Gasteiger partial charge in [-0.2, -0.15) is 0 Å². The van der Waals surface area contributed by atoms with Crippen LogP contribution >= 0.6 is 11.8 Å². The summed E-state index contributed by atoms with van der Waals surface area (Å²) in [5, 5.41) is 3.02. The zero-order valence-corrected chi connectivity index (χ0v) is 15.8. The number of carbonyl (C=O) groups excluding carboxylic acids is 1. The molecule has 0 saturated heterocycles. The van der Waals surface area contributed by atoms with Crippen molar-refractivity contribution in [2.45, 2.75) is 23.5 Å². The van der Waals surface area contributed by atoms with Gasteiger partial charge in [-0.1, -0.05) is 24.3 Å². The Morgan fingerprint density at radius 1 is 1.26 bits per heavy atom. The first-order valence-corrected chi connectivity index (χ1v) is 9.91. The quantitative estimate of drug-likeness (QED) is 0.868. The lowest BCUT2D eigenvalue weighted by Gasteiger charge is -2.31. The number of nitrogens with zero attached hydrogens (tertiary/aromatic N) is 1. The van der Waals surface area contributed by atoms with Crippen LogP contribution in [-0.2, 0) is 0 Å². The molecule has 1 N–H and O–H groups in total. The van der Waals surface area contributed by atoms with Crippen molar-refractivity contribution >= 4 is 17.8 Å². The van der Waals surface area contributed by atoms with Crippen molar-refractivity contribution in [2.24, 2.45) is 0 Å². The van der Waals surface area contributed by atoms with Crippen LogP contribution in [-0.4, -0.2) is 43.0 Å². The van der Waals surface area contributed by atoms with E-state index < -0.39 is 0 Å². The van der Waals surface area contributed by atoms with Gasteiger partial charge in [0, 0.05) is 17.7 Å². The third-order valence-corrected chi connectivity index (χ3v) is 5.87. The maximum Gasteiger partial charge on any atom is 0.317 e. The molecule has 2 amide bonds. The number of likely N-dealkylation sites (N-methyl/N-ethyl adjacent to an activating group) is 1. The Morgan fingerprint density at radius 2 is 2.07 bits per heavy atom. The number of rotatable bonds is 3. The largest absolute Gasteiger partial charge is 0.486 e. The number of nitrogens with one attached hydrogen (secondary N) is 1. The van der Waals surface area contributed by atoms with Crippen LogP contribution in [0.25, 0.3) is 0 Å². The second kappa shape index (κ2) is 7.68. The number of ether oxygens (including phenoxy) is 2. The fourth-order valence-corrected chi connectivity index (χ4v) is 4.48. The zero-order chi connectivity index (χ0) is 18.8. The molecule has 27 heavy (non-hydrogen) atoms. The van der Waals surface area contributed by atoms with E-state index in [-0.39, 0.29) is 24.0 Å². The number of fused-ring (bicyclic) bond motifs is 2. The smallest absolute Gasteiger partial charge is 0.317 e. The zero-order valence-electron chi connectivity index (χ0n) is 15.0. The number of halogens is 1. The van der Waals surface area contributed by atoms with E-state index in [9.17, 15) is 9.18 Å². The number of hydrogen-bond acceptors (Lipinski definition) is 4. The van der Waals surface area contributed by atoms with Crippen molar-refractivity contribution in [1.29, 1.82) is 0 Å². The lowest BCUT2D eigenvalue weighted by molar-refractivity contribution is 0.0712. The average Bonchev–Trinajstić information content (AvgIpc) is 2.68. The van der Waals surface area contributed by atoms with E-state index >= 15 is 0 Å². The van der Waals surface area contributed by atoms with Crippen LogP contribution in [0.3, 0.4) is 0 Å². The van der Waals surface area contributed by atoms with Crippen molar-refractivity contribution in [1.82, 2.24) is 10.2 Å². The standard InChI is InChI=1S/C20H21FN2O3S/c1-23(11-13-12-25-17-7-2-3-8-18(17)26-13)20(24)22-16-9-10-27-19-14(16)5-4-6-15(19)21/h2-8,13,16H,9-12H2,1H3,(H,22,24)/t13-,16+/m1/s1. The summed E-state index contributed by atoms with van der Waals surface area (Å²) >= 11 is 1.50. The number of carbonyl (C=O) groups is 1. The summed E-state index contributed by atoms with van der Waals surface area (Å²) in [6, 6.07) is 12.1. The van der Waals surface area contributed by atoms with Gasteiger partial charge in [0.2, 0.25) is 0 Å². The molecule has 2 aliphatic heterocycles. The van der Waals surface area contributed by atoms with E-state index in [0.717, 1.165) is 23.5 Å². The third-order valence-electron chi connectivity index (χ3n) is 4.72. The maximum atomic E-state index is 14.0. The van der Waals surface area contributed by atoms with Gasteiger partial charge in [0.1, 0.15) is 12.4 Å². The SMILES string of the molecule is CN(C[C@@H]1COc2ccccc2O1)C(=O)N[C@H]1CCSc2c(F)cccc21. The highest BCUT2D eigenvalue weighted by molar-refractivity contribution is 7.99. The minimum Gasteiger partial charge on any atom is -0.486 e. The van der Waals surface area contributed by atoms with E-state index in [1.54, 1.807) is 18.0 Å². The van der Waals surface area contributed by atoms with Crippen LogP contribution in [0.1, 0.15) is 18.0 Å². The molecule has 0 spiro atoms. The van der Waals surface area contributed by atoms with E-state index in [1.807, 2.05) is 30.3 Å². The van der Waals surface area contributed by atoms with Crippen LogP contribution in [0.15, 0.2) is 47.4 Å². The second-order valence-electron chi connectivity index (χ2n) is 6.68. The van der Waals surface area contributed by atoms with Crippen molar-refractivity contribution in [3.05, 3.63) is 53.8 Å². The molecule has 0 saturated carbocycles. The summed E-state index contributed by atoms with van der Waals surface area (Å²) in [5.41, 5.74) is 0.846. The van der Waals surface area contributed by atoms with Crippen molar-refractivity contribution < 1.29 is 18.7 Å². The monoisotopic (exact) mass is 388 g/mol. The van der Waals surface area contributed by atoms with E-state index in [0.29, 0.717) is 23.8 Å². The highest BCUT2D eigenvalue weighted by Gasteiger charge is 2.27. The van der Waals surface area contributed by atoms with Gasteiger partial charge in [0.05, 0.1) is 12.6 Å². The molecule has 0 aromatic heterocycles. The molecule has 0 aliphatic carbocycles. The van der Waals surface area contributed by atoms with Gasteiger partial charge >= 0.3 is 6.03 Å². The first kappa shape index (κ1) is 18.0. The predicted octanol–water partition coefficient (Wildman–Crippen LogP) is 3.84. The number of para-hydroxylation sites is 2. The van der Waals surface area contributed by atoms with Crippen LogP contribution in [0.4, 0.5) is 9.18 Å². The normalized spacial score (nSPS) is 20.5. The lowest BCUT2D eigenvalue weighted by atomic mass is 10.0. The van der Waals surface area contributed by atoms with Gasteiger partial charge in [-0.25, -0.2) is 9.18 Å². The predicted molar refractivity (Wildman–Crippen MR) is 102 cm³/mol. The molecule has 142 valence electrons. The Morgan fingerprint density at radius 3 is 2.93 bits per heavy atom. The highest BCUT2D eigenvalue weighted by Crippen LogP contribution is 2.37. The molecule has 0 radical (unpaired) electrons. The van der Waals surface area contributed by atoms with Crippen molar-refractivity contribution in [3.8, 4) is 11.5 Å². The second-order valence-corrected chi connectivity index (χ2v) is 7.78. The van der Waals surface area contributed by atoms with Gasteiger partial charge in [-0.3, -0.25) is 0 Å². The third kappa shape index (κ3) is 3.83. The topological polar surface area (TPSA) is 50.8 Å². The molecule has 0 unspecified atom stereocenters. The van der Waals surface area contributed by atoms with Crippen LogP contribution in [0.5, 0.6) is 11.5 Å². The minimum absolute atomic E-state index is 0.184. The minimum atomic E-state index is -0.234. The summed E-state index contributed by atoms with van der Waals surface area (Å²) in [7, 11) is 1.73. The number of urea groups is 1. The number of thioether (sulfide) groups is 1. The van der Waals surface area contributed by atoms with Crippen LogP contribution < -0.4 is 14.8 Å². The molecule has 2 atom stereocenters. The highest BCUT2D eigenvalue weighted by atomic mass is 32.2. The van der Waals surface area contributed by atoms with Crippen molar-refractivity contribution in [2.75, 3.05) is 26.0 Å². The number of benzene rings is 2. The molecule has 2 aliphatic rings. The lowest BCUT2D eigenvalue weighted by Crippen LogP contribution is -2.46. The average molecular weight is 388 g/mol. The summed E-state index contributed by atoms with van der Waals surface area (Å²) in [6.07, 6.45) is 0.541. The molecule has 0 bridgehead atoms. The molecule has 5 nitrogen and oxygen atoms in total. The molecule has 2 heterocycles. The first-order valence-electron chi connectivity index (χ1n) is 8.93. The Labute approximate surface area is 161 Å². The first-order chi connectivity index (χ1) is 13.1. The summed E-state index contributed by atoms with van der Waals surface area (Å²) in [6.45, 7) is 0.792. The Kier molecular flexibility index (Phi) is 5.11. The van der Waals surface area contributed by atoms with Gasteiger partial charge in [-0.05, 0) is 30.2 Å². The van der Waals surface area contributed by atoms with E-state index in [2.05, 4.69) is 5.32 Å². The molecular weight excluding hydrogens is 367 g/mol. The molecule has 2 aromatic rings. The molecule has 2 aromatic carbocycles. The molecule has 7 heteroatoms. The maximum absolute atomic E-state index is 14.0. The molecular formula is C20H21FN2O3S. The summed E-state index contributed by atoms with van der Waals surface area (Å²) in [4.78, 5) is 14.9. The van der Waals surface area contributed by atoms with Gasteiger partial charge < -0.3 is 19.7 Å². The summed E-state index contributed by atoms with van der Waals surface area (Å²) < 4.78 is 25.6. The van der Waals surface area contributed by atoms with Gasteiger partial charge in [-0.15, -0.1) is 11.8 Å². The fraction of sp³-hybridized carbons (Fsp3) is 0.350. The molecule has 0 fully saturated rings. The van der Waals surface area contributed by atoms with E-state index in [1.165, 1.54) is 17.8 Å². The fourth-order valence-electron chi connectivity index (χ4n) is 3.34. The Balaban J connectivity index is 1.38.